The maximum atomic E-state index is 13.0. The van der Waals surface area contributed by atoms with Gasteiger partial charge in [0.1, 0.15) is 18.4 Å². The van der Waals surface area contributed by atoms with E-state index in [2.05, 4.69) is 15.3 Å². The molecule has 138 valence electrons. The van der Waals surface area contributed by atoms with Crippen LogP contribution in [0.1, 0.15) is 23.7 Å². The van der Waals surface area contributed by atoms with E-state index >= 15 is 0 Å². The van der Waals surface area contributed by atoms with Crippen LogP contribution in [0.5, 0.6) is 5.75 Å². The van der Waals surface area contributed by atoms with Crippen LogP contribution in [0.4, 0.5) is 0 Å². The highest BCUT2D eigenvalue weighted by Gasteiger charge is 2.28. The molecule has 0 unspecified atom stereocenters. The van der Waals surface area contributed by atoms with Crippen molar-refractivity contribution in [3.63, 3.8) is 0 Å². The topological polar surface area (TPSA) is 108 Å². The first-order valence-corrected chi connectivity index (χ1v) is 8.45. The zero-order valence-electron chi connectivity index (χ0n) is 14.6. The van der Waals surface area contributed by atoms with E-state index < -0.39 is 6.04 Å². The second-order valence-corrected chi connectivity index (χ2v) is 6.24. The molecule has 2 aromatic rings. The fourth-order valence-electron chi connectivity index (χ4n) is 3.02. The maximum absolute atomic E-state index is 13.0. The van der Waals surface area contributed by atoms with E-state index in [0.29, 0.717) is 31.9 Å². The molecule has 3 N–H and O–H groups in total. The Morgan fingerprint density at radius 3 is 3.00 bits per heavy atom. The summed E-state index contributed by atoms with van der Waals surface area (Å²) in [6, 6.07) is 4.76. The first kappa shape index (κ1) is 17.9. The molecule has 0 radical (unpaired) electrons. The second kappa shape index (κ2) is 8.01. The maximum Gasteiger partial charge on any atom is 0.245 e. The van der Waals surface area contributed by atoms with Gasteiger partial charge in [-0.15, -0.1) is 0 Å². The number of aliphatic hydroxyl groups excluding tert-OH is 1. The Balaban J connectivity index is 1.79. The minimum Gasteiger partial charge on any atom is -0.491 e. The number of imidazole rings is 1. The zero-order chi connectivity index (χ0) is 18.5. The number of ether oxygens (including phenoxy) is 1. The SMILES string of the molecule is CC(=O)N[C@@H](Cc1cnc[nH]1)C(=O)N1CCOc2ccc(CO)cc2C1. The lowest BCUT2D eigenvalue weighted by Gasteiger charge is -2.26. The van der Waals surface area contributed by atoms with Crippen LogP contribution in [-0.4, -0.2) is 51.0 Å². The van der Waals surface area contributed by atoms with Crippen LogP contribution < -0.4 is 10.1 Å². The van der Waals surface area contributed by atoms with Crippen molar-refractivity contribution < 1.29 is 19.4 Å². The first-order valence-electron chi connectivity index (χ1n) is 8.45. The third kappa shape index (κ3) is 4.20. The smallest absolute Gasteiger partial charge is 0.245 e. The molecular weight excluding hydrogens is 336 g/mol. The van der Waals surface area contributed by atoms with Gasteiger partial charge in [0.05, 0.1) is 19.5 Å². The number of fused-ring (bicyclic) bond motifs is 1. The van der Waals surface area contributed by atoms with Gasteiger partial charge < -0.3 is 25.0 Å². The lowest BCUT2D eigenvalue weighted by atomic mass is 10.1. The molecule has 0 saturated heterocycles. The summed E-state index contributed by atoms with van der Waals surface area (Å²) in [4.78, 5) is 33.2. The monoisotopic (exact) mass is 358 g/mol. The fraction of sp³-hybridized carbons (Fsp3) is 0.389. The number of carbonyl (C=O) groups excluding carboxylic acids is 2. The summed E-state index contributed by atoms with van der Waals surface area (Å²) in [5.74, 6) is 0.264. The van der Waals surface area contributed by atoms with Crippen LogP contribution in [0.2, 0.25) is 0 Å². The Morgan fingerprint density at radius 1 is 1.46 bits per heavy atom. The third-order valence-electron chi connectivity index (χ3n) is 4.25. The predicted molar refractivity (Wildman–Crippen MR) is 93.2 cm³/mol. The normalized spacial score (nSPS) is 14.8. The third-order valence-corrected chi connectivity index (χ3v) is 4.25. The molecule has 8 nitrogen and oxygen atoms in total. The number of H-pyrrole nitrogens is 1. The van der Waals surface area contributed by atoms with Gasteiger partial charge >= 0.3 is 0 Å². The molecule has 1 aliphatic rings. The van der Waals surface area contributed by atoms with Gasteiger partial charge in [-0.05, 0) is 17.7 Å². The van der Waals surface area contributed by atoms with Crippen LogP contribution in [0.3, 0.4) is 0 Å². The highest BCUT2D eigenvalue weighted by Crippen LogP contribution is 2.25. The number of hydrogen-bond acceptors (Lipinski definition) is 5. The van der Waals surface area contributed by atoms with E-state index in [1.807, 2.05) is 12.1 Å². The van der Waals surface area contributed by atoms with Crippen molar-refractivity contribution in [2.45, 2.75) is 32.5 Å². The molecule has 8 heteroatoms. The lowest BCUT2D eigenvalue weighted by molar-refractivity contribution is -0.136. The van der Waals surface area contributed by atoms with Crippen molar-refractivity contribution in [3.05, 3.63) is 47.5 Å². The summed E-state index contributed by atoms with van der Waals surface area (Å²) in [6.07, 6.45) is 3.51. The van der Waals surface area contributed by atoms with Gasteiger partial charge in [0.15, 0.2) is 0 Å². The molecule has 2 amide bonds. The van der Waals surface area contributed by atoms with Crippen LogP contribution in [0.15, 0.2) is 30.7 Å². The molecule has 3 rings (SSSR count). The number of nitrogens with one attached hydrogen (secondary N) is 2. The number of aliphatic hydroxyl groups is 1. The van der Waals surface area contributed by atoms with Crippen molar-refractivity contribution in [1.82, 2.24) is 20.2 Å². The quantitative estimate of drug-likeness (QED) is 0.716. The van der Waals surface area contributed by atoms with Gasteiger partial charge in [-0.3, -0.25) is 9.59 Å². The van der Waals surface area contributed by atoms with E-state index in [4.69, 9.17) is 4.74 Å². The van der Waals surface area contributed by atoms with E-state index in [1.54, 1.807) is 17.2 Å². The van der Waals surface area contributed by atoms with Crippen LogP contribution in [-0.2, 0) is 29.2 Å². The molecular formula is C18H22N4O4. The highest BCUT2D eigenvalue weighted by atomic mass is 16.5. The number of amides is 2. The molecule has 1 atom stereocenters. The molecule has 26 heavy (non-hydrogen) atoms. The van der Waals surface area contributed by atoms with Gasteiger partial charge in [-0.2, -0.15) is 0 Å². The summed E-state index contributed by atoms with van der Waals surface area (Å²) in [5, 5.41) is 12.1. The number of aromatic amines is 1. The predicted octanol–water partition coefficient (Wildman–Crippen LogP) is 0.370. The fourth-order valence-corrected chi connectivity index (χ4v) is 3.02. The van der Waals surface area contributed by atoms with Crippen molar-refractivity contribution in [2.75, 3.05) is 13.2 Å². The Morgan fingerprint density at radius 2 is 2.31 bits per heavy atom. The minimum atomic E-state index is -0.685. The van der Waals surface area contributed by atoms with E-state index in [9.17, 15) is 14.7 Å². The summed E-state index contributed by atoms with van der Waals surface area (Å²) in [7, 11) is 0. The van der Waals surface area contributed by atoms with Crippen LogP contribution in [0.25, 0.3) is 0 Å². The van der Waals surface area contributed by atoms with E-state index in [1.165, 1.54) is 13.3 Å². The van der Waals surface area contributed by atoms with Gasteiger partial charge in [0.25, 0.3) is 0 Å². The molecule has 1 aromatic heterocycles. The number of carbonyl (C=O) groups is 2. The summed E-state index contributed by atoms with van der Waals surface area (Å²) in [5.41, 5.74) is 2.37. The number of benzene rings is 1. The average Bonchev–Trinajstić information content (AvgIpc) is 3.04. The second-order valence-electron chi connectivity index (χ2n) is 6.24. The van der Waals surface area contributed by atoms with Gasteiger partial charge in [-0.25, -0.2) is 4.98 Å². The van der Waals surface area contributed by atoms with Gasteiger partial charge in [0.2, 0.25) is 11.8 Å². The molecule has 0 spiro atoms. The molecule has 0 bridgehead atoms. The summed E-state index contributed by atoms with van der Waals surface area (Å²) < 4.78 is 5.72. The lowest BCUT2D eigenvalue weighted by Crippen LogP contribution is -2.49. The van der Waals surface area contributed by atoms with Crippen molar-refractivity contribution in [3.8, 4) is 5.75 Å². The Hall–Kier alpha value is -2.87. The summed E-state index contributed by atoms with van der Waals surface area (Å²) in [6.45, 7) is 2.47. The molecule has 1 aliphatic heterocycles. The van der Waals surface area contributed by atoms with Gasteiger partial charge in [-0.1, -0.05) is 6.07 Å². The standard InChI is InChI=1S/C18H22N4O4/c1-12(24)21-16(7-15-8-19-11-20-15)18(25)22-4-5-26-17-3-2-13(10-23)6-14(17)9-22/h2-3,6,8,11,16,23H,4-5,7,9-10H2,1H3,(H,19,20)(H,21,24)/t16-/m0/s1. The minimum absolute atomic E-state index is 0.0738. The first-order chi connectivity index (χ1) is 12.6. The molecule has 2 heterocycles. The Bertz CT molecular complexity index is 776. The van der Waals surface area contributed by atoms with Crippen molar-refractivity contribution >= 4 is 11.8 Å². The van der Waals surface area contributed by atoms with Crippen molar-refractivity contribution in [1.29, 1.82) is 0 Å². The van der Waals surface area contributed by atoms with E-state index in [-0.39, 0.29) is 18.4 Å². The summed E-state index contributed by atoms with van der Waals surface area (Å²) >= 11 is 0. The Kier molecular flexibility index (Phi) is 5.52. The molecule has 1 aromatic carbocycles. The molecule has 0 aliphatic carbocycles. The zero-order valence-corrected chi connectivity index (χ0v) is 14.6. The number of hydrogen-bond donors (Lipinski definition) is 3. The van der Waals surface area contributed by atoms with E-state index in [0.717, 1.165) is 16.8 Å². The number of nitrogens with zero attached hydrogens (tertiary/aromatic N) is 2. The number of aromatic nitrogens is 2. The highest BCUT2D eigenvalue weighted by molar-refractivity contribution is 5.87. The van der Waals surface area contributed by atoms with Crippen LogP contribution >= 0.6 is 0 Å². The van der Waals surface area contributed by atoms with Gasteiger partial charge in [0, 0.05) is 37.3 Å². The molecule has 0 saturated carbocycles. The Labute approximate surface area is 151 Å². The van der Waals surface area contributed by atoms with Crippen LogP contribution in [0, 0.1) is 0 Å². The molecule has 0 fully saturated rings. The average molecular weight is 358 g/mol. The van der Waals surface area contributed by atoms with Crippen molar-refractivity contribution in [2.24, 2.45) is 0 Å². The largest absolute Gasteiger partial charge is 0.491 e. The number of rotatable bonds is 5.